The molecule has 0 aliphatic carbocycles. The molecule has 6 heteroatoms. The summed E-state index contributed by atoms with van der Waals surface area (Å²) in [5, 5.41) is 9.01. The van der Waals surface area contributed by atoms with Crippen molar-refractivity contribution in [3.05, 3.63) is 0 Å². The fourth-order valence-corrected chi connectivity index (χ4v) is 1.72. The van der Waals surface area contributed by atoms with Crippen molar-refractivity contribution in [3.63, 3.8) is 0 Å². The molecule has 0 aromatic heterocycles. The molecule has 0 saturated carbocycles. The lowest BCUT2D eigenvalue weighted by Crippen LogP contribution is -2.48. The van der Waals surface area contributed by atoms with Crippen molar-refractivity contribution < 1.29 is 28.8 Å². The summed E-state index contributed by atoms with van der Waals surface area (Å²) in [6, 6.07) is 0. The minimum atomic E-state index is -0.709. The molecule has 1 N–H and O–H groups in total. The molecular formula is C10H18O6. The van der Waals surface area contributed by atoms with Crippen molar-refractivity contribution in [3.8, 4) is 0 Å². The topological polar surface area (TPSA) is 74.2 Å². The van der Waals surface area contributed by atoms with Gasteiger partial charge in [0.2, 0.25) is 0 Å². The highest BCUT2D eigenvalue weighted by Crippen LogP contribution is 2.30. The normalized spacial score (nSPS) is 36.6. The van der Waals surface area contributed by atoms with E-state index in [1.54, 1.807) is 0 Å². The number of aliphatic hydroxyl groups is 1. The standard InChI is InChI=1S/C8H12O6.C2H6/c1-11-6-2-4-7(5(3-9)12-6)14-8(10)13-4;1-2/h4-7,9H,2-3H2,1H3;1-2H3. The molecule has 0 radical (unpaired) electrons. The molecule has 0 spiro atoms. The average Bonchev–Trinajstić information content (AvgIpc) is 2.70. The van der Waals surface area contributed by atoms with Crippen LogP contribution >= 0.6 is 0 Å². The number of ether oxygens (including phenoxy) is 4. The summed E-state index contributed by atoms with van der Waals surface area (Å²) in [4.78, 5) is 10.8. The zero-order valence-electron chi connectivity index (χ0n) is 9.71. The second-order valence-corrected chi connectivity index (χ2v) is 3.25. The second-order valence-electron chi connectivity index (χ2n) is 3.25. The van der Waals surface area contributed by atoms with Crippen LogP contribution in [0.2, 0.25) is 0 Å². The van der Waals surface area contributed by atoms with Crippen molar-refractivity contribution in [1.29, 1.82) is 0 Å². The van der Waals surface area contributed by atoms with E-state index in [2.05, 4.69) is 0 Å². The second kappa shape index (κ2) is 6.03. The zero-order chi connectivity index (χ0) is 12.1. The van der Waals surface area contributed by atoms with Gasteiger partial charge in [-0.25, -0.2) is 4.79 Å². The Labute approximate surface area is 94.4 Å². The van der Waals surface area contributed by atoms with Gasteiger partial charge in [0, 0.05) is 13.5 Å². The van der Waals surface area contributed by atoms with Crippen LogP contribution in [0.4, 0.5) is 4.79 Å². The molecule has 4 atom stereocenters. The van der Waals surface area contributed by atoms with E-state index in [4.69, 9.17) is 24.1 Å². The van der Waals surface area contributed by atoms with Crippen LogP contribution in [-0.4, -0.2) is 49.6 Å². The monoisotopic (exact) mass is 234 g/mol. The summed E-state index contributed by atoms with van der Waals surface area (Å²) in [7, 11) is 1.50. The van der Waals surface area contributed by atoms with E-state index in [9.17, 15) is 4.79 Å². The van der Waals surface area contributed by atoms with Crippen molar-refractivity contribution in [2.75, 3.05) is 13.7 Å². The Kier molecular flexibility index (Phi) is 4.98. The van der Waals surface area contributed by atoms with Crippen molar-refractivity contribution in [2.45, 2.75) is 44.9 Å². The van der Waals surface area contributed by atoms with E-state index < -0.39 is 24.7 Å². The molecule has 2 aliphatic heterocycles. The van der Waals surface area contributed by atoms with E-state index >= 15 is 0 Å². The smallest absolute Gasteiger partial charge is 0.427 e. The number of hydrogen-bond donors (Lipinski definition) is 1. The number of carbonyl (C=O) groups is 1. The summed E-state index contributed by atoms with van der Waals surface area (Å²) < 4.78 is 20.1. The van der Waals surface area contributed by atoms with Crippen molar-refractivity contribution >= 4 is 6.16 Å². The molecule has 2 aliphatic rings. The van der Waals surface area contributed by atoms with Gasteiger partial charge in [0.15, 0.2) is 12.4 Å². The van der Waals surface area contributed by atoms with Crippen LogP contribution in [0, 0.1) is 0 Å². The van der Waals surface area contributed by atoms with Crippen LogP contribution in [-0.2, 0) is 18.9 Å². The third-order valence-electron chi connectivity index (χ3n) is 2.41. The molecule has 4 unspecified atom stereocenters. The van der Waals surface area contributed by atoms with Crippen LogP contribution in [0.1, 0.15) is 20.3 Å². The number of aliphatic hydroxyl groups excluding tert-OH is 1. The predicted octanol–water partition coefficient (Wildman–Crippen LogP) is 0.670. The van der Waals surface area contributed by atoms with Gasteiger partial charge in [0.25, 0.3) is 0 Å². The summed E-state index contributed by atoms with van der Waals surface area (Å²) in [6.07, 6.45) is -2.19. The molecule has 2 saturated heterocycles. The molecular weight excluding hydrogens is 216 g/mol. The lowest BCUT2D eigenvalue weighted by Gasteiger charge is -2.33. The van der Waals surface area contributed by atoms with Gasteiger partial charge in [-0.15, -0.1) is 0 Å². The fourth-order valence-electron chi connectivity index (χ4n) is 1.72. The van der Waals surface area contributed by atoms with E-state index in [0.717, 1.165) is 0 Å². The summed E-state index contributed by atoms with van der Waals surface area (Å²) >= 11 is 0. The summed E-state index contributed by atoms with van der Waals surface area (Å²) in [6.45, 7) is 3.78. The number of carbonyl (C=O) groups excluding carboxylic acids is 1. The summed E-state index contributed by atoms with van der Waals surface area (Å²) in [5.41, 5.74) is 0. The van der Waals surface area contributed by atoms with Crippen LogP contribution in [0.15, 0.2) is 0 Å². The summed E-state index contributed by atoms with van der Waals surface area (Å²) in [5.74, 6) is 0. The highest BCUT2D eigenvalue weighted by molar-refractivity contribution is 5.62. The molecule has 16 heavy (non-hydrogen) atoms. The number of fused-ring (bicyclic) bond motifs is 1. The lowest BCUT2D eigenvalue weighted by atomic mass is 10.0. The average molecular weight is 234 g/mol. The quantitative estimate of drug-likeness (QED) is 0.708. The van der Waals surface area contributed by atoms with Crippen molar-refractivity contribution in [2.24, 2.45) is 0 Å². The van der Waals surface area contributed by atoms with E-state index in [-0.39, 0.29) is 12.7 Å². The molecule has 0 aromatic rings. The maximum Gasteiger partial charge on any atom is 0.509 e. The number of hydrogen-bond acceptors (Lipinski definition) is 6. The Morgan fingerprint density at radius 3 is 2.69 bits per heavy atom. The van der Waals surface area contributed by atoms with Gasteiger partial charge >= 0.3 is 6.16 Å². The predicted molar refractivity (Wildman–Crippen MR) is 53.9 cm³/mol. The lowest BCUT2D eigenvalue weighted by molar-refractivity contribution is -0.227. The van der Waals surface area contributed by atoms with Crippen LogP contribution in [0.25, 0.3) is 0 Å². The highest BCUT2D eigenvalue weighted by Gasteiger charge is 2.48. The molecule has 2 heterocycles. The third kappa shape index (κ3) is 2.63. The fraction of sp³-hybridized carbons (Fsp3) is 0.900. The maximum atomic E-state index is 10.8. The van der Waals surface area contributed by atoms with Gasteiger partial charge in [0.1, 0.15) is 12.2 Å². The first-order chi connectivity index (χ1) is 7.74. The Hall–Kier alpha value is -0.850. The Bertz CT molecular complexity index is 231. The van der Waals surface area contributed by atoms with Crippen molar-refractivity contribution in [1.82, 2.24) is 0 Å². The Balaban J connectivity index is 0.000000606. The largest absolute Gasteiger partial charge is 0.509 e. The third-order valence-corrected chi connectivity index (χ3v) is 2.41. The van der Waals surface area contributed by atoms with E-state index in [0.29, 0.717) is 6.42 Å². The van der Waals surface area contributed by atoms with Crippen LogP contribution in [0.3, 0.4) is 0 Å². The van der Waals surface area contributed by atoms with Gasteiger partial charge in [-0.3, -0.25) is 0 Å². The first-order valence-corrected chi connectivity index (χ1v) is 5.41. The molecule has 0 amide bonds. The Morgan fingerprint density at radius 1 is 1.44 bits per heavy atom. The maximum absolute atomic E-state index is 10.8. The first-order valence-electron chi connectivity index (χ1n) is 5.41. The minimum Gasteiger partial charge on any atom is -0.427 e. The van der Waals surface area contributed by atoms with E-state index in [1.165, 1.54) is 7.11 Å². The van der Waals surface area contributed by atoms with Crippen LogP contribution < -0.4 is 0 Å². The number of rotatable bonds is 2. The van der Waals surface area contributed by atoms with Gasteiger partial charge < -0.3 is 24.1 Å². The molecule has 6 nitrogen and oxygen atoms in total. The van der Waals surface area contributed by atoms with E-state index in [1.807, 2.05) is 13.8 Å². The van der Waals surface area contributed by atoms with Crippen LogP contribution in [0.5, 0.6) is 0 Å². The molecule has 0 aromatic carbocycles. The number of methoxy groups -OCH3 is 1. The highest BCUT2D eigenvalue weighted by atomic mass is 16.8. The van der Waals surface area contributed by atoms with Gasteiger partial charge in [-0.2, -0.15) is 0 Å². The Morgan fingerprint density at radius 2 is 2.12 bits per heavy atom. The molecule has 2 rings (SSSR count). The van der Waals surface area contributed by atoms with Gasteiger partial charge in [0.05, 0.1) is 6.61 Å². The first kappa shape index (κ1) is 13.2. The SMILES string of the molecule is CC.COC1CC2OC(=O)OC2C(CO)O1. The molecule has 94 valence electrons. The molecule has 2 fully saturated rings. The zero-order valence-corrected chi connectivity index (χ0v) is 9.71. The van der Waals surface area contributed by atoms with Gasteiger partial charge in [-0.1, -0.05) is 13.8 Å². The minimum absolute atomic E-state index is 0.225. The molecule has 0 bridgehead atoms. The van der Waals surface area contributed by atoms with Gasteiger partial charge in [-0.05, 0) is 0 Å².